The van der Waals surface area contributed by atoms with Crippen molar-refractivity contribution in [2.75, 3.05) is 0 Å². The fourth-order valence-corrected chi connectivity index (χ4v) is 6.90. The molecule has 0 aliphatic carbocycles. The average Bonchev–Trinajstić information content (AvgIpc) is 3.27. The maximum absolute atomic E-state index is 5.04. The Bertz CT molecular complexity index is 2650. The highest BCUT2D eigenvalue weighted by Crippen LogP contribution is 2.42. The SMILES string of the molecule is c1ccc(-c2ccc(-c3nc(-c4ccccc4)nc(-c4ccc(-c5cc(-c6ccccc6)c(-c6cccnc6)cc5-c5ccccc5)cc4)n3)cc2)cc1. The van der Waals surface area contributed by atoms with E-state index in [1.54, 1.807) is 0 Å². The molecule has 2 heterocycles. The monoisotopic (exact) mass is 690 g/mol. The van der Waals surface area contributed by atoms with Gasteiger partial charge in [-0.15, -0.1) is 0 Å². The van der Waals surface area contributed by atoms with E-state index in [0.717, 1.165) is 66.8 Å². The van der Waals surface area contributed by atoms with Crippen LogP contribution in [0.4, 0.5) is 0 Å². The van der Waals surface area contributed by atoms with Crippen molar-refractivity contribution in [3.8, 4) is 89.8 Å². The second kappa shape index (κ2) is 14.7. The molecule has 4 heteroatoms. The van der Waals surface area contributed by atoms with E-state index in [1.807, 2.05) is 54.9 Å². The maximum atomic E-state index is 5.04. The lowest BCUT2D eigenvalue weighted by atomic mass is 9.86. The first-order valence-corrected chi connectivity index (χ1v) is 18.0. The van der Waals surface area contributed by atoms with Crippen LogP contribution in [-0.4, -0.2) is 19.9 Å². The summed E-state index contributed by atoms with van der Waals surface area (Å²) >= 11 is 0. The van der Waals surface area contributed by atoms with Crippen LogP contribution in [0.25, 0.3) is 89.8 Å². The number of hydrogen-bond donors (Lipinski definition) is 0. The van der Waals surface area contributed by atoms with Gasteiger partial charge in [0, 0.05) is 34.6 Å². The molecule has 0 spiro atoms. The van der Waals surface area contributed by atoms with Crippen molar-refractivity contribution in [2.24, 2.45) is 0 Å². The third kappa shape index (κ3) is 6.72. The van der Waals surface area contributed by atoms with Crippen LogP contribution in [0, 0.1) is 0 Å². The minimum absolute atomic E-state index is 0.623. The Balaban J connectivity index is 1.16. The number of hydrogen-bond acceptors (Lipinski definition) is 4. The highest BCUT2D eigenvalue weighted by Gasteiger charge is 2.17. The van der Waals surface area contributed by atoms with E-state index < -0.39 is 0 Å². The summed E-state index contributed by atoms with van der Waals surface area (Å²) in [6.07, 6.45) is 3.76. The van der Waals surface area contributed by atoms with Crippen molar-refractivity contribution in [2.45, 2.75) is 0 Å². The molecule has 2 aromatic heterocycles. The highest BCUT2D eigenvalue weighted by molar-refractivity contribution is 5.95. The zero-order valence-corrected chi connectivity index (χ0v) is 29.4. The minimum atomic E-state index is 0.623. The molecule has 9 aromatic rings. The molecule has 9 rings (SSSR count). The van der Waals surface area contributed by atoms with E-state index in [2.05, 4.69) is 157 Å². The number of aromatic nitrogens is 4. The molecule has 0 bridgehead atoms. The van der Waals surface area contributed by atoms with Gasteiger partial charge in [0.1, 0.15) is 0 Å². The molecule has 0 radical (unpaired) electrons. The standard InChI is InChI=1S/C50H34N4/c1-5-14-35(15-6-1)36-23-27-41(28-24-36)49-52-48(40-20-11-4-12-21-40)53-50(54-49)42-29-25-39(26-30-42)46-32-45(38-18-9-3-10-19-38)47(43-22-13-31-51-34-43)33-44(46)37-16-7-2-8-17-37/h1-34H. The molecule has 0 aliphatic rings. The molecule has 7 aromatic carbocycles. The first kappa shape index (κ1) is 32.6. The summed E-state index contributed by atoms with van der Waals surface area (Å²) < 4.78 is 0. The van der Waals surface area contributed by atoms with E-state index in [4.69, 9.17) is 15.0 Å². The molecule has 254 valence electrons. The van der Waals surface area contributed by atoms with Gasteiger partial charge < -0.3 is 0 Å². The molecule has 0 unspecified atom stereocenters. The fraction of sp³-hybridized carbons (Fsp3) is 0. The molecular weight excluding hydrogens is 657 g/mol. The summed E-state index contributed by atoms with van der Waals surface area (Å²) in [5.41, 5.74) is 14.1. The van der Waals surface area contributed by atoms with Crippen LogP contribution in [0.15, 0.2) is 207 Å². The smallest absolute Gasteiger partial charge is 0.164 e. The van der Waals surface area contributed by atoms with Gasteiger partial charge in [-0.25, -0.2) is 15.0 Å². The van der Waals surface area contributed by atoms with Crippen molar-refractivity contribution < 1.29 is 0 Å². The van der Waals surface area contributed by atoms with Gasteiger partial charge in [0.05, 0.1) is 0 Å². The van der Waals surface area contributed by atoms with E-state index in [9.17, 15) is 0 Å². The average molecular weight is 691 g/mol. The predicted molar refractivity (Wildman–Crippen MR) is 221 cm³/mol. The summed E-state index contributed by atoms with van der Waals surface area (Å²) in [7, 11) is 0. The predicted octanol–water partition coefficient (Wildman–Crippen LogP) is 12.6. The van der Waals surface area contributed by atoms with Crippen LogP contribution >= 0.6 is 0 Å². The Morgan fingerprint density at radius 1 is 0.241 bits per heavy atom. The Hall–Kier alpha value is -7.30. The summed E-state index contributed by atoms with van der Waals surface area (Å²) in [6.45, 7) is 0. The van der Waals surface area contributed by atoms with E-state index in [0.29, 0.717) is 17.5 Å². The summed E-state index contributed by atoms with van der Waals surface area (Å²) in [5, 5.41) is 0. The van der Waals surface area contributed by atoms with Crippen LogP contribution in [0.5, 0.6) is 0 Å². The number of benzene rings is 7. The van der Waals surface area contributed by atoms with Crippen molar-refractivity contribution in [3.05, 3.63) is 207 Å². The molecule has 0 N–H and O–H groups in total. The van der Waals surface area contributed by atoms with Crippen molar-refractivity contribution in [3.63, 3.8) is 0 Å². The zero-order valence-electron chi connectivity index (χ0n) is 29.4. The second-order valence-electron chi connectivity index (χ2n) is 13.1. The first-order valence-electron chi connectivity index (χ1n) is 18.0. The number of pyridine rings is 1. The zero-order chi connectivity index (χ0) is 36.1. The minimum Gasteiger partial charge on any atom is -0.264 e. The second-order valence-corrected chi connectivity index (χ2v) is 13.1. The first-order chi connectivity index (χ1) is 26.8. The van der Waals surface area contributed by atoms with Crippen molar-refractivity contribution in [1.29, 1.82) is 0 Å². The fourth-order valence-electron chi connectivity index (χ4n) is 6.90. The van der Waals surface area contributed by atoms with Crippen molar-refractivity contribution in [1.82, 2.24) is 19.9 Å². The normalized spacial score (nSPS) is 11.0. The van der Waals surface area contributed by atoms with Gasteiger partial charge >= 0.3 is 0 Å². The lowest BCUT2D eigenvalue weighted by Gasteiger charge is -2.18. The van der Waals surface area contributed by atoms with Crippen LogP contribution in [-0.2, 0) is 0 Å². The third-order valence-corrected chi connectivity index (χ3v) is 9.67. The lowest BCUT2D eigenvalue weighted by molar-refractivity contribution is 1.07. The number of rotatable bonds is 8. The van der Waals surface area contributed by atoms with Gasteiger partial charge in [0.15, 0.2) is 17.5 Å². The Morgan fingerprint density at radius 3 is 0.963 bits per heavy atom. The summed E-state index contributed by atoms with van der Waals surface area (Å²) in [6, 6.07) is 67.4. The Kier molecular flexibility index (Phi) is 8.90. The van der Waals surface area contributed by atoms with Gasteiger partial charge in [-0.1, -0.05) is 176 Å². The molecule has 0 atom stereocenters. The summed E-state index contributed by atoms with van der Waals surface area (Å²) in [5.74, 6) is 1.89. The van der Waals surface area contributed by atoms with Gasteiger partial charge in [-0.3, -0.25) is 4.98 Å². The van der Waals surface area contributed by atoms with E-state index in [1.165, 1.54) is 5.56 Å². The molecule has 0 amide bonds. The molecule has 0 fully saturated rings. The topological polar surface area (TPSA) is 51.6 Å². The molecule has 4 nitrogen and oxygen atoms in total. The molecule has 0 aliphatic heterocycles. The van der Waals surface area contributed by atoms with E-state index in [-0.39, 0.29) is 0 Å². The molecule has 54 heavy (non-hydrogen) atoms. The quantitative estimate of drug-likeness (QED) is 0.159. The lowest BCUT2D eigenvalue weighted by Crippen LogP contribution is -2.00. The highest BCUT2D eigenvalue weighted by atomic mass is 15.0. The van der Waals surface area contributed by atoms with Crippen LogP contribution in [0.2, 0.25) is 0 Å². The number of nitrogens with zero attached hydrogens (tertiary/aromatic N) is 4. The van der Waals surface area contributed by atoms with Gasteiger partial charge in [0.25, 0.3) is 0 Å². The van der Waals surface area contributed by atoms with Crippen molar-refractivity contribution >= 4 is 0 Å². The molecule has 0 saturated heterocycles. The largest absolute Gasteiger partial charge is 0.264 e. The van der Waals surface area contributed by atoms with Crippen LogP contribution < -0.4 is 0 Å². The van der Waals surface area contributed by atoms with E-state index >= 15 is 0 Å². The van der Waals surface area contributed by atoms with Crippen LogP contribution in [0.3, 0.4) is 0 Å². The Labute approximate surface area is 315 Å². The third-order valence-electron chi connectivity index (χ3n) is 9.67. The van der Waals surface area contributed by atoms with Gasteiger partial charge in [-0.2, -0.15) is 0 Å². The summed E-state index contributed by atoms with van der Waals surface area (Å²) in [4.78, 5) is 19.5. The molecular formula is C50H34N4. The Morgan fingerprint density at radius 2 is 0.537 bits per heavy atom. The van der Waals surface area contributed by atoms with Gasteiger partial charge in [-0.05, 0) is 68.3 Å². The van der Waals surface area contributed by atoms with Gasteiger partial charge in [0.2, 0.25) is 0 Å². The maximum Gasteiger partial charge on any atom is 0.164 e. The molecule has 0 saturated carbocycles. The van der Waals surface area contributed by atoms with Crippen LogP contribution in [0.1, 0.15) is 0 Å².